The molecule has 0 spiro atoms. The topological polar surface area (TPSA) is 129 Å². The van der Waals surface area contributed by atoms with Gasteiger partial charge in [0.25, 0.3) is 11.6 Å². The minimum Gasteiger partial charge on any atom is -0.462 e. The number of esters is 1. The number of rotatable bonds is 7. The van der Waals surface area contributed by atoms with E-state index in [1.807, 2.05) is 0 Å². The van der Waals surface area contributed by atoms with Crippen LogP contribution in [0.25, 0.3) is 0 Å². The van der Waals surface area contributed by atoms with E-state index in [1.54, 1.807) is 31.5 Å². The van der Waals surface area contributed by atoms with Crippen LogP contribution in [0, 0.1) is 17.0 Å². The number of nitrogens with one attached hydrogen (secondary N) is 1. The van der Waals surface area contributed by atoms with Crippen molar-refractivity contribution in [3.8, 4) is 0 Å². The molecule has 1 aromatic carbocycles. The number of aromatic nitrogens is 3. The predicted octanol–water partition coefficient (Wildman–Crippen LogP) is 3.67. The Labute approximate surface area is 179 Å². The van der Waals surface area contributed by atoms with E-state index in [-0.39, 0.29) is 17.9 Å². The van der Waals surface area contributed by atoms with Crippen molar-refractivity contribution in [1.82, 2.24) is 14.8 Å². The number of hydrogen-bond acceptors (Lipinski definition) is 9. The van der Waals surface area contributed by atoms with Crippen molar-refractivity contribution in [3.63, 3.8) is 0 Å². The van der Waals surface area contributed by atoms with E-state index in [4.69, 9.17) is 4.74 Å². The molecule has 0 saturated heterocycles. The van der Waals surface area contributed by atoms with Gasteiger partial charge in [0, 0.05) is 18.7 Å². The summed E-state index contributed by atoms with van der Waals surface area (Å²) in [4.78, 5) is 36.2. The van der Waals surface area contributed by atoms with Crippen molar-refractivity contribution in [1.29, 1.82) is 0 Å². The molecule has 0 aliphatic carbocycles. The highest BCUT2D eigenvalue weighted by Gasteiger charge is 2.21. The number of nitro groups is 1. The first-order valence-electron chi connectivity index (χ1n) is 8.69. The molecule has 156 valence electrons. The maximum Gasteiger partial charge on any atom is 0.348 e. The van der Waals surface area contributed by atoms with Crippen molar-refractivity contribution in [2.45, 2.75) is 23.9 Å². The van der Waals surface area contributed by atoms with Crippen molar-refractivity contribution in [3.05, 3.63) is 56.7 Å². The standard InChI is InChI=1S/C18H17N5O5S2/c1-4-28-17(25)15-10(2)7-14(30-15)20-16(24)11-5-6-13(12(8-11)23(26)27)29-18-21-19-9-22(18)3/h5-9H,4H2,1-3H3,(H,20,24). The van der Waals surface area contributed by atoms with Gasteiger partial charge in [0.05, 0.1) is 21.4 Å². The Balaban J connectivity index is 1.82. The maximum absolute atomic E-state index is 12.6. The lowest BCUT2D eigenvalue weighted by Crippen LogP contribution is -2.11. The lowest BCUT2D eigenvalue weighted by Gasteiger charge is -2.06. The molecule has 0 aliphatic heterocycles. The Morgan fingerprint density at radius 1 is 1.37 bits per heavy atom. The van der Waals surface area contributed by atoms with Crippen molar-refractivity contribution < 1.29 is 19.2 Å². The first kappa shape index (κ1) is 21.5. The van der Waals surface area contributed by atoms with Crippen LogP contribution in [0.1, 0.15) is 32.5 Å². The van der Waals surface area contributed by atoms with Gasteiger partial charge in [-0.25, -0.2) is 4.79 Å². The third kappa shape index (κ3) is 4.66. The number of thiophene rings is 1. The Bertz CT molecular complexity index is 1120. The summed E-state index contributed by atoms with van der Waals surface area (Å²) < 4.78 is 6.62. The van der Waals surface area contributed by atoms with Crippen LogP contribution in [0.15, 0.2) is 40.6 Å². The van der Waals surface area contributed by atoms with Crippen LogP contribution < -0.4 is 5.32 Å². The zero-order chi connectivity index (χ0) is 21.8. The lowest BCUT2D eigenvalue weighted by atomic mass is 10.2. The normalized spacial score (nSPS) is 10.6. The summed E-state index contributed by atoms with van der Waals surface area (Å²) in [7, 11) is 1.73. The smallest absolute Gasteiger partial charge is 0.348 e. The highest BCUT2D eigenvalue weighted by atomic mass is 32.2. The molecule has 30 heavy (non-hydrogen) atoms. The van der Waals surface area contributed by atoms with Crippen LogP contribution in [-0.2, 0) is 11.8 Å². The van der Waals surface area contributed by atoms with E-state index in [9.17, 15) is 19.7 Å². The fourth-order valence-electron chi connectivity index (χ4n) is 2.48. The van der Waals surface area contributed by atoms with Crippen LogP contribution in [0.5, 0.6) is 0 Å². The number of carbonyl (C=O) groups is 2. The number of nitrogens with zero attached hydrogens (tertiary/aromatic N) is 4. The molecule has 12 heteroatoms. The van der Waals surface area contributed by atoms with Gasteiger partial charge in [-0.2, -0.15) is 0 Å². The molecule has 2 heterocycles. The Hall–Kier alpha value is -3.25. The molecule has 0 saturated carbocycles. The second-order valence-corrected chi connectivity index (χ2v) is 8.12. The number of hydrogen-bond donors (Lipinski definition) is 1. The predicted molar refractivity (Wildman–Crippen MR) is 111 cm³/mol. The van der Waals surface area contributed by atoms with Crippen LogP contribution >= 0.6 is 23.1 Å². The highest BCUT2D eigenvalue weighted by molar-refractivity contribution is 7.99. The van der Waals surface area contributed by atoms with Gasteiger partial charge >= 0.3 is 5.97 Å². The van der Waals surface area contributed by atoms with Crippen LogP contribution in [0.4, 0.5) is 10.7 Å². The third-order valence-corrected chi connectivity index (χ3v) is 6.15. The second-order valence-electron chi connectivity index (χ2n) is 6.06. The molecular weight excluding hydrogens is 430 g/mol. The Morgan fingerprint density at radius 2 is 2.13 bits per heavy atom. The van der Waals surface area contributed by atoms with E-state index in [0.29, 0.717) is 25.5 Å². The molecule has 0 atom stereocenters. The number of benzene rings is 1. The summed E-state index contributed by atoms with van der Waals surface area (Å²) >= 11 is 2.17. The number of ether oxygens (including phenoxy) is 1. The summed E-state index contributed by atoms with van der Waals surface area (Å²) in [6, 6.07) is 5.85. The van der Waals surface area contributed by atoms with Crippen molar-refractivity contribution in [2.75, 3.05) is 11.9 Å². The summed E-state index contributed by atoms with van der Waals surface area (Å²) in [5.74, 6) is -0.980. The molecule has 2 aromatic heterocycles. The number of aryl methyl sites for hydroxylation is 2. The first-order chi connectivity index (χ1) is 14.3. The molecule has 0 unspecified atom stereocenters. The lowest BCUT2D eigenvalue weighted by molar-refractivity contribution is -0.387. The van der Waals surface area contributed by atoms with Gasteiger partial charge in [-0.1, -0.05) is 0 Å². The van der Waals surface area contributed by atoms with Crippen LogP contribution in [-0.4, -0.2) is 38.2 Å². The molecule has 0 radical (unpaired) electrons. The molecule has 1 amide bonds. The molecule has 3 aromatic rings. The van der Waals surface area contributed by atoms with E-state index in [0.717, 1.165) is 23.1 Å². The first-order valence-corrected chi connectivity index (χ1v) is 10.3. The van der Waals surface area contributed by atoms with Gasteiger partial charge in [-0.3, -0.25) is 14.9 Å². The van der Waals surface area contributed by atoms with Gasteiger partial charge in [0.15, 0.2) is 5.16 Å². The second kappa shape index (κ2) is 9.05. The Morgan fingerprint density at radius 3 is 2.77 bits per heavy atom. The van der Waals surface area contributed by atoms with Gasteiger partial charge in [-0.15, -0.1) is 21.5 Å². The molecule has 1 N–H and O–H groups in total. The molecule has 0 fully saturated rings. The molecule has 10 nitrogen and oxygen atoms in total. The molecule has 0 aliphatic rings. The summed E-state index contributed by atoms with van der Waals surface area (Å²) in [6.07, 6.45) is 1.49. The van der Waals surface area contributed by atoms with Crippen LogP contribution in [0.2, 0.25) is 0 Å². The molecular formula is C18H17N5O5S2. The highest BCUT2D eigenvalue weighted by Crippen LogP contribution is 2.34. The van der Waals surface area contributed by atoms with Gasteiger partial charge < -0.3 is 14.6 Å². The average molecular weight is 447 g/mol. The number of nitro benzene ring substituents is 1. The van der Waals surface area contributed by atoms with E-state index in [2.05, 4.69) is 15.5 Å². The van der Waals surface area contributed by atoms with E-state index in [1.165, 1.54) is 24.5 Å². The largest absolute Gasteiger partial charge is 0.462 e. The summed E-state index contributed by atoms with van der Waals surface area (Å²) in [5.41, 5.74) is 0.577. The van der Waals surface area contributed by atoms with E-state index < -0.39 is 16.8 Å². The molecule has 0 bridgehead atoms. The van der Waals surface area contributed by atoms with Gasteiger partial charge in [0.1, 0.15) is 11.2 Å². The third-order valence-electron chi connectivity index (χ3n) is 3.90. The minimum absolute atomic E-state index is 0.118. The number of amides is 1. The van der Waals surface area contributed by atoms with Gasteiger partial charge in [0.2, 0.25) is 0 Å². The Kier molecular flexibility index (Phi) is 6.47. The maximum atomic E-state index is 12.6. The summed E-state index contributed by atoms with van der Waals surface area (Å²) in [6.45, 7) is 3.70. The van der Waals surface area contributed by atoms with Crippen molar-refractivity contribution >= 4 is 45.7 Å². The zero-order valence-corrected chi connectivity index (χ0v) is 17.9. The zero-order valence-electron chi connectivity index (χ0n) is 16.2. The number of carbonyl (C=O) groups excluding carboxylic acids is 2. The SMILES string of the molecule is CCOC(=O)c1sc(NC(=O)c2ccc(Sc3nncn3C)c([N+](=O)[O-])c2)cc1C. The number of anilines is 1. The summed E-state index contributed by atoms with van der Waals surface area (Å²) in [5, 5.41) is 22.8. The van der Waals surface area contributed by atoms with E-state index >= 15 is 0 Å². The average Bonchev–Trinajstić information content (AvgIpc) is 3.27. The van der Waals surface area contributed by atoms with Crippen LogP contribution in [0.3, 0.4) is 0 Å². The monoisotopic (exact) mass is 447 g/mol. The van der Waals surface area contributed by atoms with Crippen molar-refractivity contribution in [2.24, 2.45) is 7.05 Å². The molecule has 3 rings (SSSR count). The van der Waals surface area contributed by atoms with Gasteiger partial charge in [-0.05, 0) is 49.4 Å². The quantitative estimate of drug-likeness (QED) is 0.330. The minimum atomic E-state index is -0.552. The fourth-order valence-corrected chi connectivity index (χ4v) is 4.29. The fraction of sp³-hybridized carbons (Fsp3) is 0.222.